The molecule has 0 atom stereocenters. The van der Waals surface area contributed by atoms with E-state index in [2.05, 4.69) is 25.8 Å². The number of nitrogens with zero attached hydrogens (tertiary/aromatic N) is 5. The largest absolute Gasteiger partial charge is 0.492 e. The number of aromatic nitrogens is 5. The fourth-order valence-electron chi connectivity index (χ4n) is 2.13. The SMILES string of the molecule is CCOc1ccccc1-n1nnnc1SCC(=O)Nc1ncc(Cl)cc1Cl. The van der Waals surface area contributed by atoms with Crippen molar-refractivity contribution in [1.82, 2.24) is 25.2 Å². The highest BCUT2D eigenvalue weighted by Crippen LogP contribution is 2.26. The van der Waals surface area contributed by atoms with Crippen LogP contribution in [0.1, 0.15) is 6.92 Å². The zero-order valence-corrected chi connectivity index (χ0v) is 16.4. The van der Waals surface area contributed by atoms with Crippen LogP contribution in [0.4, 0.5) is 5.82 Å². The number of benzene rings is 1. The number of halogens is 2. The molecule has 0 saturated heterocycles. The predicted molar refractivity (Wildman–Crippen MR) is 104 cm³/mol. The molecule has 0 saturated carbocycles. The minimum atomic E-state index is -0.302. The second kappa shape index (κ2) is 9.03. The van der Waals surface area contributed by atoms with Gasteiger partial charge in [0.2, 0.25) is 11.1 Å². The summed E-state index contributed by atoms with van der Waals surface area (Å²) in [7, 11) is 0. The monoisotopic (exact) mass is 424 g/mol. The van der Waals surface area contributed by atoms with Crippen LogP contribution < -0.4 is 10.1 Å². The Morgan fingerprint density at radius 1 is 1.33 bits per heavy atom. The molecule has 0 aliphatic carbocycles. The van der Waals surface area contributed by atoms with Crippen molar-refractivity contribution in [2.24, 2.45) is 0 Å². The van der Waals surface area contributed by atoms with Crippen molar-refractivity contribution in [3.05, 3.63) is 46.6 Å². The Labute approximate surface area is 169 Å². The molecule has 0 radical (unpaired) electrons. The molecule has 1 N–H and O–H groups in total. The Bertz CT molecular complexity index is 952. The number of rotatable bonds is 7. The summed E-state index contributed by atoms with van der Waals surface area (Å²) in [6, 6.07) is 8.89. The third-order valence-electron chi connectivity index (χ3n) is 3.23. The van der Waals surface area contributed by atoms with Gasteiger partial charge in [-0.05, 0) is 35.5 Å². The van der Waals surface area contributed by atoms with Crippen LogP contribution in [0.2, 0.25) is 10.0 Å². The Morgan fingerprint density at radius 2 is 2.15 bits per heavy atom. The highest BCUT2D eigenvalue weighted by molar-refractivity contribution is 7.99. The van der Waals surface area contributed by atoms with Gasteiger partial charge in [0.05, 0.1) is 22.4 Å². The molecule has 2 heterocycles. The number of anilines is 1. The molecule has 11 heteroatoms. The maximum atomic E-state index is 12.2. The van der Waals surface area contributed by atoms with Crippen molar-refractivity contribution in [3.63, 3.8) is 0 Å². The number of hydrogen-bond acceptors (Lipinski definition) is 7. The molecule has 1 aromatic carbocycles. The van der Waals surface area contributed by atoms with Crippen LogP contribution in [0, 0.1) is 0 Å². The fraction of sp³-hybridized carbons (Fsp3) is 0.188. The van der Waals surface area contributed by atoms with Crippen molar-refractivity contribution in [2.45, 2.75) is 12.1 Å². The number of ether oxygens (including phenoxy) is 1. The van der Waals surface area contributed by atoms with E-state index in [9.17, 15) is 4.79 Å². The molecule has 3 aromatic rings. The highest BCUT2D eigenvalue weighted by atomic mass is 35.5. The van der Waals surface area contributed by atoms with E-state index in [1.807, 2.05) is 31.2 Å². The molecule has 1 amide bonds. The van der Waals surface area contributed by atoms with E-state index >= 15 is 0 Å². The van der Waals surface area contributed by atoms with Crippen LogP contribution in [0.15, 0.2) is 41.7 Å². The quantitative estimate of drug-likeness (QED) is 0.579. The summed E-state index contributed by atoms with van der Waals surface area (Å²) in [5.74, 6) is 0.658. The first kappa shape index (κ1) is 19.4. The van der Waals surface area contributed by atoms with Gasteiger partial charge in [0.1, 0.15) is 11.4 Å². The van der Waals surface area contributed by atoms with Gasteiger partial charge in [0, 0.05) is 6.20 Å². The van der Waals surface area contributed by atoms with Gasteiger partial charge in [-0.1, -0.05) is 47.1 Å². The van der Waals surface area contributed by atoms with Crippen LogP contribution in [0.3, 0.4) is 0 Å². The molecule has 140 valence electrons. The van der Waals surface area contributed by atoms with Crippen molar-refractivity contribution in [2.75, 3.05) is 17.7 Å². The molecule has 27 heavy (non-hydrogen) atoms. The first-order valence-corrected chi connectivity index (χ1v) is 9.57. The second-order valence-electron chi connectivity index (χ2n) is 5.09. The third kappa shape index (κ3) is 4.88. The van der Waals surface area contributed by atoms with E-state index < -0.39 is 0 Å². The smallest absolute Gasteiger partial charge is 0.236 e. The number of hydrogen-bond donors (Lipinski definition) is 1. The number of carbonyl (C=O) groups excluding carboxylic acids is 1. The lowest BCUT2D eigenvalue weighted by molar-refractivity contribution is -0.113. The molecule has 0 aliphatic rings. The maximum Gasteiger partial charge on any atom is 0.236 e. The molecule has 0 aliphatic heterocycles. The normalized spacial score (nSPS) is 10.6. The number of nitrogens with one attached hydrogen (secondary N) is 1. The van der Waals surface area contributed by atoms with Gasteiger partial charge in [-0.25, -0.2) is 4.98 Å². The average molecular weight is 425 g/mol. The molecular weight excluding hydrogens is 411 g/mol. The van der Waals surface area contributed by atoms with Gasteiger partial charge < -0.3 is 10.1 Å². The van der Waals surface area contributed by atoms with E-state index in [0.29, 0.717) is 28.2 Å². The van der Waals surface area contributed by atoms with Crippen molar-refractivity contribution < 1.29 is 9.53 Å². The van der Waals surface area contributed by atoms with E-state index in [0.717, 1.165) is 0 Å². The lowest BCUT2D eigenvalue weighted by atomic mass is 10.3. The minimum absolute atomic E-state index is 0.0673. The maximum absolute atomic E-state index is 12.2. The van der Waals surface area contributed by atoms with Crippen LogP contribution in [0.5, 0.6) is 5.75 Å². The Morgan fingerprint density at radius 3 is 2.93 bits per heavy atom. The lowest BCUT2D eigenvalue weighted by Gasteiger charge is -2.10. The number of amides is 1. The van der Waals surface area contributed by atoms with Gasteiger partial charge in [0.15, 0.2) is 5.82 Å². The van der Waals surface area contributed by atoms with Crippen molar-refractivity contribution >= 4 is 46.7 Å². The lowest BCUT2D eigenvalue weighted by Crippen LogP contribution is -2.16. The standard InChI is InChI=1S/C16H14Cl2N6O2S/c1-2-26-13-6-4-3-5-12(13)24-16(21-22-23-24)27-9-14(25)20-15-11(18)7-10(17)8-19-15/h3-8H,2,9H2,1H3,(H,19,20,25). The second-order valence-corrected chi connectivity index (χ2v) is 6.88. The average Bonchev–Trinajstić information content (AvgIpc) is 3.11. The molecule has 0 bridgehead atoms. The van der Waals surface area contributed by atoms with Crippen LogP contribution in [-0.4, -0.2) is 43.5 Å². The Hall–Kier alpha value is -2.36. The molecule has 0 spiro atoms. The molecule has 0 unspecified atom stereocenters. The van der Waals surface area contributed by atoms with E-state index in [1.54, 1.807) is 0 Å². The predicted octanol–water partition coefficient (Wildman–Crippen LogP) is 3.49. The molecule has 0 fully saturated rings. The van der Waals surface area contributed by atoms with Crippen molar-refractivity contribution in [3.8, 4) is 11.4 Å². The summed E-state index contributed by atoms with van der Waals surface area (Å²) >= 11 is 13.0. The summed E-state index contributed by atoms with van der Waals surface area (Å²) < 4.78 is 7.13. The number of thioether (sulfide) groups is 1. The summed E-state index contributed by atoms with van der Waals surface area (Å²) in [4.78, 5) is 16.2. The summed E-state index contributed by atoms with van der Waals surface area (Å²) in [6.45, 7) is 2.41. The minimum Gasteiger partial charge on any atom is -0.492 e. The Kier molecular flexibility index (Phi) is 6.49. The van der Waals surface area contributed by atoms with E-state index in [-0.39, 0.29) is 22.5 Å². The first-order chi connectivity index (χ1) is 13.1. The van der Waals surface area contributed by atoms with Crippen LogP contribution >= 0.6 is 35.0 Å². The molecule has 2 aromatic heterocycles. The molecular formula is C16H14Cl2N6O2S. The van der Waals surface area contributed by atoms with Gasteiger partial charge >= 0.3 is 0 Å². The summed E-state index contributed by atoms with van der Waals surface area (Å²) in [5, 5.41) is 15.4. The Balaban J connectivity index is 1.69. The third-order valence-corrected chi connectivity index (χ3v) is 4.65. The number of pyridine rings is 1. The first-order valence-electron chi connectivity index (χ1n) is 7.82. The van der Waals surface area contributed by atoms with Gasteiger partial charge in [-0.2, -0.15) is 4.68 Å². The van der Waals surface area contributed by atoms with Gasteiger partial charge in [-0.3, -0.25) is 4.79 Å². The zero-order valence-electron chi connectivity index (χ0n) is 14.1. The van der Waals surface area contributed by atoms with Crippen molar-refractivity contribution in [1.29, 1.82) is 0 Å². The van der Waals surface area contributed by atoms with Gasteiger partial charge in [0.25, 0.3) is 0 Å². The van der Waals surface area contributed by atoms with Gasteiger partial charge in [-0.15, -0.1) is 5.10 Å². The summed E-state index contributed by atoms with van der Waals surface area (Å²) in [6.07, 6.45) is 1.40. The topological polar surface area (TPSA) is 94.8 Å². The van der Waals surface area contributed by atoms with E-state index in [4.69, 9.17) is 27.9 Å². The van der Waals surface area contributed by atoms with Crippen LogP contribution in [0.25, 0.3) is 5.69 Å². The molecule has 3 rings (SSSR count). The fourth-order valence-corrected chi connectivity index (χ4v) is 3.25. The number of carbonyl (C=O) groups is 1. The zero-order chi connectivity index (χ0) is 19.2. The van der Waals surface area contributed by atoms with E-state index in [1.165, 1.54) is 28.7 Å². The number of tetrazole rings is 1. The highest BCUT2D eigenvalue weighted by Gasteiger charge is 2.15. The molecule has 8 nitrogen and oxygen atoms in total. The van der Waals surface area contributed by atoms with Crippen LogP contribution in [-0.2, 0) is 4.79 Å². The summed E-state index contributed by atoms with van der Waals surface area (Å²) in [5.41, 5.74) is 0.690. The number of para-hydroxylation sites is 2.